The van der Waals surface area contributed by atoms with Crippen LogP contribution in [0.1, 0.15) is 41.1 Å². The largest absolute Gasteiger partial charge is 0.461 e. The first-order chi connectivity index (χ1) is 9.45. The predicted molar refractivity (Wildman–Crippen MR) is 78.2 cm³/mol. The molecule has 0 saturated heterocycles. The van der Waals surface area contributed by atoms with Gasteiger partial charge in [-0.3, -0.25) is 4.79 Å². The van der Waals surface area contributed by atoms with E-state index in [0.717, 1.165) is 17.9 Å². The highest BCUT2D eigenvalue weighted by atomic mass is 32.1. The third-order valence-electron chi connectivity index (χ3n) is 2.82. The van der Waals surface area contributed by atoms with Gasteiger partial charge in [0.15, 0.2) is 0 Å². The number of carbonyl (C=O) groups excluding carboxylic acids is 2. The molecule has 0 aliphatic carbocycles. The van der Waals surface area contributed by atoms with Gasteiger partial charge in [0.25, 0.3) is 5.91 Å². The Kier molecular flexibility index (Phi) is 6.60. The maximum Gasteiger partial charge on any atom is 0.367 e. The van der Waals surface area contributed by atoms with Gasteiger partial charge in [0.05, 0.1) is 6.61 Å². The van der Waals surface area contributed by atoms with E-state index in [2.05, 4.69) is 29.0 Å². The molecular weight excluding hydrogens is 278 g/mol. The van der Waals surface area contributed by atoms with Gasteiger partial charge < -0.3 is 15.0 Å². The lowest BCUT2D eigenvalue weighted by molar-refractivity contribution is 0.0526. The predicted octanol–water partition coefficient (Wildman–Crippen LogP) is 1.39. The SMILES string of the molecule is CCOC(=O)c1nc(C(=O)NCCN(C)C(C)C)cs1. The summed E-state index contributed by atoms with van der Waals surface area (Å²) < 4.78 is 4.83. The van der Waals surface area contributed by atoms with E-state index in [9.17, 15) is 9.59 Å². The molecule has 0 fully saturated rings. The second-order valence-corrected chi connectivity index (χ2v) is 5.45. The summed E-state index contributed by atoms with van der Waals surface area (Å²) in [4.78, 5) is 29.4. The Morgan fingerprint density at radius 3 is 2.80 bits per heavy atom. The summed E-state index contributed by atoms with van der Waals surface area (Å²) in [6.07, 6.45) is 0. The van der Waals surface area contributed by atoms with Crippen LogP contribution in [-0.4, -0.2) is 54.5 Å². The Labute approximate surface area is 123 Å². The lowest BCUT2D eigenvalue weighted by Gasteiger charge is -2.20. The molecule has 1 N–H and O–H groups in total. The van der Waals surface area contributed by atoms with Crippen molar-refractivity contribution in [3.8, 4) is 0 Å². The number of ether oxygens (including phenoxy) is 1. The molecule has 1 heterocycles. The summed E-state index contributed by atoms with van der Waals surface area (Å²) in [7, 11) is 2.00. The van der Waals surface area contributed by atoms with Crippen LogP contribution in [0.3, 0.4) is 0 Å². The van der Waals surface area contributed by atoms with Crippen LogP contribution in [0, 0.1) is 0 Å². The molecule has 0 atom stereocenters. The fraction of sp³-hybridized carbons (Fsp3) is 0.615. The number of nitrogens with zero attached hydrogens (tertiary/aromatic N) is 2. The highest BCUT2D eigenvalue weighted by molar-refractivity contribution is 7.11. The van der Waals surface area contributed by atoms with Crippen LogP contribution in [0.4, 0.5) is 0 Å². The molecule has 1 aromatic heterocycles. The molecule has 1 rings (SSSR count). The first-order valence-corrected chi connectivity index (χ1v) is 7.44. The van der Waals surface area contributed by atoms with E-state index >= 15 is 0 Å². The normalized spacial score (nSPS) is 10.9. The van der Waals surface area contributed by atoms with Crippen molar-refractivity contribution in [2.24, 2.45) is 0 Å². The number of nitrogens with one attached hydrogen (secondary N) is 1. The average Bonchev–Trinajstić information content (AvgIpc) is 2.88. The van der Waals surface area contributed by atoms with Crippen LogP contribution in [0.25, 0.3) is 0 Å². The highest BCUT2D eigenvalue weighted by Gasteiger charge is 2.16. The van der Waals surface area contributed by atoms with Crippen molar-refractivity contribution < 1.29 is 14.3 Å². The van der Waals surface area contributed by atoms with Crippen LogP contribution < -0.4 is 5.32 Å². The Morgan fingerprint density at radius 1 is 1.50 bits per heavy atom. The van der Waals surface area contributed by atoms with Gasteiger partial charge in [-0.05, 0) is 27.8 Å². The van der Waals surface area contributed by atoms with Crippen molar-refractivity contribution in [3.63, 3.8) is 0 Å². The minimum Gasteiger partial charge on any atom is -0.461 e. The quantitative estimate of drug-likeness (QED) is 0.770. The van der Waals surface area contributed by atoms with E-state index in [1.54, 1.807) is 12.3 Å². The van der Waals surface area contributed by atoms with Crippen LogP contribution in [0.5, 0.6) is 0 Å². The summed E-state index contributed by atoms with van der Waals surface area (Å²) in [5, 5.41) is 4.55. The third-order valence-corrected chi connectivity index (χ3v) is 3.64. The van der Waals surface area contributed by atoms with Crippen LogP contribution in [0.2, 0.25) is 0 Å². The van der Waals surface area contributed by atoms with Crippen molar-refractivity contribution in [2.45, 2.75) is 26.8 Å². The number of hydrogen-bond acceptors (Lipinski definition) is 6. The van der Waals surface area contributed by atoms with Gasteiger partial charge in [-0.25, -0.2) is 9.78 Å². The fourth-order valence-corrected chi connectivity index (χ4v) is 2.05. The minimum atomic E-state index is -0.490. The topological polar surface area (TPSA) is 71.5 Å². The van der Waals surface area contributed by atoms with Crippen LogP contribution >= 0.6 is 11.3 Å². The van der Waals surface area contributed by atoms with E-state index < -0.39 is 5.97 Å². The molecule has 0 unspecified atom stereocenters. The zero-order chi connectivity index (χ0) is 15.1. The Bertz CT molecular complexity index is 459. The Hall–Kier alpha value is -1.47. The van der Waals surface area contributed by atoms with E-state index in [4.69, 9.17) is 4.74 Å². The zero-order valence-electron chi connectivity index (χ0n) is 12.3. The maximum absolute atomic E-state index is 11.9. The Balaban J connectivity index is 2.46. The Morgan fingerprint density at radius 2 is 2.20 bits per heavy atom. The smallest absolute Gasteiger partial charge is 0.367 e. The van der Waals surface area contributed by atoms with Gasteiger partial charge in [-0.15, -0.1) is 11.3 Å². The molecule has 0 spiro atoms. The number of esters is 1. The molecule has 1 amide bonds. The second kappa shape index (κ2) is 7.96. The molecule has 0 radical (unpaired) electrons. The standard InChI is InChI=1S/C13H21N3O3S/c1-5-19-13(18)12-15-10(8-20-12)11(17)14-6-7-16(4)9(2)3/h8-9H,5-7H2,1-4H3,(H,14,17). The monoisotopic (exact) mass is 299 g/mol. The molecule has 6 nitrogen and oxygen atoms in total. The highest BCUT2D eigenvalue weighted by Crippen LogP contribution is 2.11. The number of rotatable bonds is 7. The average molecular weight is 299 g/mol. The van der Waals surface area contributed by atoms with Crippen molar-refractivity contribution in [1.82, 2.24) is 15.2 Å². The van der Waals surface area contributed by atoms with Crippen molar-refractivity contribution >= 4 is 23.2 Å². The van der Waals surface area contributed by atoms with Gasteiger partial charge >= 0.3 is 5.97 Å². The van der Waals surface area contributed by atoms with Crippen molar-refractivity contribution in [1.29, 1.82) is 0 Å². The molecule has 112 valence electrons. The lowest BCUT2D eigenvalue weighted by atomic mass is 10.3. The van der Waals surface area contributed by atoms with Gasteiger partial charge in [0.1, 0.15) is 5.69 Å². The third kappa shape index (κ3) is 4.90. The summed E-state index contributed by atoms with van der Waals surface area (Å²) in [6.45, 7) is 7.51. The van der Waals surface area contributed by atoms with E-state index in [-0.39, 0.29) is 16.6 Å². The molecule has 0 aromatic carbocycles. The zero-order valence-corrected chi connectivity index (χ0v) is 13.1. The van der Waals surface area contributed by atoms with E-state index in [1.165, 1.54) is 0 Å². The molecule has 0 aliphatic rings. The van der Waals surface area contributed by atoms with Crippen LogP contribution in [-0.2, 0) is 4.74 Å². The van der Waals surface area contributed by atoms with E-state index in [0.29, 0.717) is 19.2 Å². The van der Waals surface area contributed by atoms with Gasteiger partial charge in [-0.2, -0.15) is 0 Å². The molecule has 0 bridgehead atoms. The van der Waals surface area contributed by atoms with E-state index in [1.807, 2.05) is 7.05 Å². The fourth-order valence-electron chi connectivity index (χ4n) is 1.36. The van der Waals surface area contributed by atoms with Gasteiger partial charge in [0.2, 0.25) is 5.01 Å². The summed E-state index contributed by atoms with van der Waals surface area (Å²) in [6, 6.07) is 0.432. The number of thiazole rings is 1. The maximum atomic E-state index is 11.9. The number of likely N-dealkylation sites (N-methyl/N-ethyl adjacent to an activating group) is 1. The summed E-state index contributed by atoms with van der Waals surface area (Å²) in [5.41, 5.74) is 0.255. The minimum absolute atomic E-state index is 0.205. The summed E-state index contributed by atoms with van der Waals surface area (Å²) in [5.74, 6) is -0.759. The van der Waals surface area contributed by atoms with Crippen LogP contribution in [0.15, 0.2) is 5.38 Å². The van der Waals surface area contributed by atoms with Gasteiger partial charge in [-0.1, -0.05) is 0 Å². The van der Waals surface area contributed by atoms with Crippen molar-refractivity contribution in [2.75, 3.05) is 26.7 Å². The molecule has 0 aliphatic heterocycles. The van der Waals surface area contributed by atoms with Crippen molar-refractivity contribution in [3.05, 3.63) is 16.1 Å². The molecule has 1 aromatic rings. The number of hydrogen-bond donors (Lipinski definition) is 1. The molecule has 20 heavy (non-hydrogen) atoms. The number of aromatic nitrogens is 1. The molecular formula is C13H21N3O3S. The number of amides is 1. The summed E-state index contributed by atoms with van der Waals surface area (Å²) >= 11 is 1.11. The first-order valence-electron chi connectivity index (χ1n) is 6.56. The molecule has 0 saturated carbocycles. The lowest BCUT2D eigenvalue weighted by Crippen LogP contribution is -2.36. The second-order valence-electron chi connectivity index (χ2n) is 4.59. The number of carbonyl (C=O) groups is 2. The first kappa shape index (κ1) is 16.6. The molecule has 7 heteroatoms. The van der Waals surface area contributed by atoms with Gasteiger partial charge in [0, 0.05) is 24.5 Å².